The standard InChI is InChI=1S/C11H8Cl2F3NO3/c12-6-2-1-5(7(13)4-6)3-8(9(18)19)17-10(20)11(14,15)16/h1-2,4,8H,3H2,(H,17,20)(H,18,19)/t8-/m1/s1. The van der Waals surface area contributed by atoms with E-state index in [1.165, 1.54) is 23.5 Å². The van der Waals surface area contributed by atoms with E-state index in [1.807, 2.05) is 0 Å². The summed E-state index contributed by atoms with van der Waals surface area (Å²) < 4.78 is 36.3. The third kappa shape index (κ3) is 4.57. The van der Waals surface area contributed by atoms with E-state index in [0.29, 0.717) is 5.02 Å². The van der Waals surface area contributed by atoms with Crippen molar-refractivity contribution in [3.63, 3.8) is 0 Å². The van der Waals surface area contributed by atoms with E-state index in [2.05, 4.69) is 0 Å². The highest BCUT2D eigenvalue weighted by Crippen LogP contribution is 2.22. The molecule has 1 rings (SSSR count). The number of hydrogen-bond acceptors (Lipinski definition) is 2. The molecule has 4 nitrogen and oxygen atoms in total. The minimum absolute atomic E-state index is 0.102. The molecule has 0 saturated heterocycles. The highest BCUT2D eigenvalue weighted by molar-refractivity contribution is 6.35. The van der Waals surface area contributed by atoms with Crippen LogP contribution in [0.2, 0.25) is 10.0 Å². The van der Waals surface area contributed by atoms with Crippen LogP contribution in [0.15, 0.2) is 18.2 Å². The van der Waals surface area contributed by atoms with Crippen LogP contribution < -0.4 is 5.32 Å². The molecular weight excluding hydrogens is 322 g/mol. The van der Waals surface area contributed by atoms with Crippen LogP contribution in [0, 0.1) is 0 Å². The van der Waals surface area contributed by atoms with Crippen molar-refractivity contribution < 1.29 is 27.9 Å². The summed E-state index contributed by atoms with van der Waals surface area (Å²) in [6, 6.07) is 2.36. The van der Waals surface area contributed by atoms with Crippen LogP contribution in [0.1, 0.15) is 5.56 Å². The Bertz CT molecular complexity index is 534. The number of rotatable bonds is 4. The lowest BCUT2D eigenvalue weighted by Crippen LogP contribution is -2.47. The number of benzene rings is 1. The molecule has 0 aliphatic heterocycles. The largest absolute Gasteiger partial charge is 0.480 e. The summed E-state index contributed by atoms with van der Waals surface area (Å²) in [5.41, 5.74) is 0.256. The van der Waals surface area contributed by atoms with Crippen molar-refractivity contribution in [2.75, 3.05) is 0 Å². The number of carbonyl (C=O) groups is 2. The minimum Gasteiger partial charge on any atom is -0.480 e. The fourth-order valence-electron chi connectivity index (χ4n) is 1.35. The number of hydrogen-bond donors (Lipinski definition) is 2. The first-order chi connectivity index (χ1) is 9.11. The second kappa shape index (κ2) is 6.32. The highest BCUT2D eigenvalue weighted by atomic mass is 35.5. The maximum absolute atomic E-state index is 12.1. The molecule has 1 aromatic rings. The van der Waals surface area contributed by atoms with Crippen molar-refractivity contribution in [3.8, 4) is 0 Å². The van der Waals surface area contributed by atoms with Gasteiger partial charge >= 0.3 is 18.1 Å². The van der Waals surface area contributed by atoms with Crippen LogP contribution in [0.3, 0.4) is 0 Å². The molecule has 20 heavy (non-hydrogen) atoms. The van der Waals surface area contributed by atoms with Crippen molar-refractivity contribution >= 4 is 35.1 Å². The van der Waals surface area contributed by atoms with Gasteiger partial charge in [0.25, 0.3) is 0 Å². The Morgan fingerprint density at radius 3 is 2.35 bits per heavy atom. The first kappa shape index (κ1) is 16.6. The van der Waals surface area contributed by atoms with Gasteiger partial charge in [-0.05, 0) is 17.7 Å². The number of nitrogens with one attached hydrogen (secondary N) is 1. The molecule has 2 N–H and O–H groups in total. The summed E-state index contributed by atoms with van der Waals surface area (Å²) in [5.74, 6) is -3.93. The van der Waals surface area contributed by atoms with Gasteiger partial charge in [-0.2, -0.15) is 13.2 Å². The summed E-state index contributed by atoms with van der Waals surface area (Å²) in [4.78, 5) is 21.6. The number of amides is 1. The molecular formula is C11H8Cl2F3NO3. The Hall–Kier alpha value is -1.47. The maximum atomic E-state index is 12.1. The zero-order valence-electron chi connectivity index (χ0n) is 9.67. The molecule has 0 saturated carbocycles. The van der Waals surface area contributed by atoms with Crippen molar-refractivity contribution in [1.82, 2.24) is 5.32 Å². The molecule has 1 amide bonds. The summed E-state index contributed by atoms with van der Waals surface area (Å²) in [6.07, 6.45) is -5.55. The molecule has 0 aliphatic carbocycles. The Morgan fingerprint density at radius 1 is 1.30 bits per heavy atom. The molecule has 0 fully saturated rings. The van der Waals surface area contributed by atoms with E-state index in [0.717, 1.165) is 0 Å². The van der Waals surface area contributed by atoms with E-state index in [4.69, 9.17) is 28.3 Å². The summed E-state index contributed by atoms with van der Waals surface area (Å²) >= 11 is 11.4. The monoisotopic (exact) mass is 329 g/mol. The Morgan fingerprint density at radius 2 is 1.90 bits per heavy atom. The quantitative estimate of drug-likeness (QED) is 0.892. The smallest absolute Gasteiger partial charge is 0.471 e. The highest BCUT2D eigenvalue weighted by Gasteiger charge is 2.40. The lowest BCUT2D eigenvalue weighted by atomic mass is 10.1. The van der Waals surface area contributed by atoms with Gasteiger partial charge in [0, 0.05) is 16.5 Å². The third-order valence-corrected chi connectivity index (χ3v) is 2.89. The maximum Gasteiger partial charge on any atom is 0.471 e. The molecule has 1 aromatic carbocycles. The fraction of sp³-hybridized carbons (Fsp3) is 0.273. The van der Waals surface area contributed by atoms with Gasteiger partial charge in [0.15, 0.2) is 0 Å². The second-order valence-corrected chi connectivity index (χ2v) is 4.65. The average molecular weight is 330 g/mol. The Balaban J connectivity index is 2.88. The minimum atomic E-state index is -5.16. The molecule has 110 valence electrons. The van der Waals surface area contributed by atoms with Crippen molar-refractivity contribution in [1.29, 1.82) is 0 Å². The third-order valence-electron chi connectivity index (χ3n) is 2.30. The predicted octanol–water partition coefficient (Wildman–Crippen LogP) is 2.67. The topological polar surface area (TPSA) is 66.4 Å². The first-order valence-corrected chi connectivity index (χ1v) is 5.91. The number of carboxylic acid groups (broad SMARTS) is 1. The molecule has 1 atom stereocenters. The fourth-order valence-corrected chi connectivity index (χ4v) is 1.83. The summed E-state index contributed by atoms with van der Waals surface area (Å²) in [6.45, 7) is 0. The molecule has 0 heterocycles. The van der Waals surface area contributed by atoms with Gasteiger partial charge in [0.1, 0.15) is 6.04 Å². The molecule has 0 unspecified atom stereocenters. The lowest BCUT2D eigenvalue weighted by molar-refractivity contribution is -0.175. The average Bonchev–Trinajstić information content (AvgIpc) is 2.29. The first-order valence-electron chi connectivity index (χ1n) is 5.15. The zero-order chi connectivity index (χ0) is 15.5. The number of carbonyl (C=O) groups excluding carboxylic acids is 1. The van der Waals surface area contributed by atoms with Gasteiger partial charge in [0.05, 0.1) is 0 Å². The van der Waals surface area contributed by atoms with Crippen molar-refractivity contribution in [2.24, 2.45) is 0 Å². The van der Waals surface area contributed by atoms with E-state index in [1.54, 1.807) is 0 Å². The van der Waals surface area contributed by atoms with Crippen LogP contribution in [-0.4, -0.2) is 29.2 Å². The van der Waals surface area contributed by atoms with E-state index in [9.17, 15) is 22.8 Å². The molecule has 0 bridgehead atoms. The second-order valence-electron chi connectivity index (χ2n) is 3.80. The van der Waals surface area contributed by atoms with Gasteiger partial charge in [-0.25, -0.2) is 4.79 Å². The van der Waals surface area contributed by atoms with Gasteiger partial charge in [-0.3, -0.25) is 4.79 Å². The zero-order valence-corrected chi connectivity index (χ0v) is 11.2. The van der Waals surface area contributed by atoms with Crippen LogP contribution in [0.4, 0.5) is 13.2 Å². The van der Waals surface area contributed by atoms with Gasteiger partial charge in [-0.1, -0.05) is 29.3 Å². The van der Waals surface area contributed by atoms with Crippen LogP contribution in [-0.2, 0) is 16.0 Å². The van der Waals surface area contributed by atoms with Crippen LogP contribution >= 0.6 is 23.2 Å². The van der Waals surface area contributed by atoms with E-state index >= 15 is 0 Å². The van der Waals surface area contributed by atoms with Crippen LogP contribution in [0.5, 0.6) is 0 Å². The molecule has 0 aliphatic rings. The Kier molecular flexibility index (Phi) is 5.24. The van der Waals surface area contributed by atoms with Crippen molar-refractivity contribution in [3.05, 3.63) is 33.8 Å². The van der Waals surface area contributed by atoms with Gasteiger partial charge < -0.3 is 10.4 Å². The number of halogens is 5. The summed E-state index contributed by atoms with van der Waals surface area (Å²) in [5, 5.41) is 10.6. The van der Waals surface area contributed by atoms with Gasteiger partial charge in [-0.15, -0.1) is 0 Å². The lowest BCUT2D eigenvalue weighted by Gasteiger charge is -2.16. The van der Waals surface area contributed by atoms with Gasteiger partial charge in [0.2, 0.25) is 0 Å². The number of aliphatic carboxylic acids is 1. The number of alkyl halides is 3. The van der Waals surface area contributed by atoms with Crippen molar-refractivity contribution in [2.45, 2.75) is 18.6 Å². The SMILES string of the molecule is O=C(O)[C@@H](Cc1ccc(Cl)cc1Cl)NC(=O)C(F)(F)F. The predicted molar refractivity (Wildman–Crippen MR) is 65.8 cm³/mol. The normalized spacial score (nSPS) is 12.8. The summed E-state index contributed by atoms with van der Waals surface area (Å²) in [7, 11) is 0. The van der Waals surface area contributed by atoms with E-state index < -0.39 is 30.5 Å². The van der Waals surface area contributed by atoms with Crippen LogP contribution in [0.25, 0.3) is 0 Å². The molecule has 0 spiro atoms. The molecule has 0 radical (unpaired) electrons. The molecule has 0 aromatic heterocycles. The molecule has 9 heteroatoms. The number of carboxylic acids is 1. The Labute approximate surface area is 121 Å². The van der Waals surface area contributed by atoms with E-state index in [-0.39, 0.29) is 10.6 Å².